The predicted molar refractivity (Wildman–Crippen MR) is 122 cm³/mol. The zero-order valence-corrected chi connectivity index (χ0v) is 18.5. The molecule has 2 aromatic rings. The lowest BCUT2D eigenvalue weighted by molar-refractivity contribution is -0.114. The van der Waals surface area contributed by atoms with Gasteiger partial charge in [0, 0.05) is 6.08 Å². The lowest BCUT2D eigenvalue weighted by atomic mass is 10.1. The van der Waals surface area contributed by atoms with Crippen LogP contribution in [0.25, 0.3) is 6.08 Å². The minimum Gasteiger partial charge on any atom is -0.493 e. The molecule has 170 valence electrons. The Hall–Kier alpha value is -4.27. The Morgan fingerprint density at radius 3 is 2.39 bits per heavy atom. The molecule has 2 aliphatic heterocycles. The largest absolute Gasteiger partial charge is 0.493 e. The molecule has 0 atom stereocenters. The Kier molecular flexibility index (Phi) is 6.30. The number of hydrogen-bond acceptors (Lipinski definition) is 7. The van der Waals surface area contributed by atoms with Gasteiger partial charge < -0.3 is 23.8 Å². The number of rotatable bonds is 8. The maximum absolute atomic E-state index is 12.5. The van der Waals surface area contributed by atoms with Crippen LogP contribution in [0.2, 0.25) is 0 Å². The number of benzene rings is 2. The number of carbonyl (C=O) groups is 1. The van der Waals surface area contributed by atoms with Crippen LogP contribution in [0.4, 0.5) is 0 Å². The maximum atomic E-state index is 12.5. The zero-order chi connectivity index (χ0) is 23.4. The minimum atomic E-state index is -0.530. The molecule has 9 nitrogen and oxygen atoms in total. The van der Waals surface area contributed by atoms with Crippen molar-refractivity contribution in [3.05, 3.63) is 65.4 Å². The Balaban J connectivity index is 1.53. The van der Waals surface area contributed by atoms with Crippen LogP contribution in [0.5, 0.6) is 23.0 Å². The highest BCUT2D eigenvalue weighted by atomic mass is 16.7. The van der Waals surface area contributed by atoms with E-state index in [1.165, 1.54) is 25.4 Å². The van der Waals surface area contributed by atoms with Crippen LogP contribution < -0.4 is 18.9 Å². The van der Waals surface area contributed by atoms with Crippen LogP contribution in [0.1, 0.15) is 12.5 Å². The quantitative estimate of drug-likeness (QED) is 0.485. The van der Waals surface area contributed by atoms with E-state index in [-0.39, 0.29) is 23.9 Å². The molecule has 0 unspecified atom stereocenters. The van der Waals surface area contributed by atoms with E-state index in [2.05, 4.69) is 4.99 Å². The molecule has 4 rings (SSSR count). The smallest absolute Gasteiger partial charge is 0.282 e. The summed E-state index contributed by atoms with van der Waals surface area (Å²) in [5, 5.41) is 9.57. The molecule has 2 aliphatic rings. The standard InChI is InChI=1S/C24H23N3O6/c1-15-11-21-26-24(28)18(23(25)27(21)33-15)12-16-13-19(29-2)22(20(14-16)30-3)32-10-9-31-17-7-5-4-6-8-17/h4-8,11-14,25H,9-10H2,1-3H3/b18-12-,25-23?. The monoisotopic (exact) mass is 449 g/mol. The lowest BCUT2D eigenvalue weighted by Crippen LogP contribution is -2.38. The maximum Gasteiger partial charge on any atom is 0.282 e. The van der Waals surface area contributed by atoms with E-state index in [0.717, 1.165) is 5.75 Å². The van der Waals surface area contributed by atoms with Gasteiger partial charge in [-0.05, 0) is 42.8 Å². The van der Waals surface area contributed by atoms with E-state index in [1.807, 2.05) is 30.3 Å². The SMILES string of the molecule is COc1cc(/C=C2/C(=N)N3OC(C)=CC3=NC2=O)cc(OC)c1OCCOc1ccccc1. The third-order valence-electron chi connectivity index (χ3n) is 4.82. The number of hydrogen-bond donors (Lipinski definition) is 1. The first-order valence-electron chi connectivity index (χ1n) is 10.2. The molecule has 0 aliphatic carbocycles. The number of amides is 1. The zero-order valence-electron chi connectivity index (χ0n) is 18.5. The van der Waals surface area contributed by atoms with E-state index in [4.69, 9.17) is 29.2 Å². The summed E-state index contributed by atoms with van der Waals surface area (Å²) in [5.41, 5.74) is 0.656. The molecular weight excluding hydrogens is 426 g/mol. The van der Waals surface area contributed by atoms with Crippen molar-refractivity contribution in [2.75, 3.05) is 27.4 Å². The van der Waals surface area contributed by atoms with Gasteiger partial charge in [-0.2, -0.15) is 4.99 Å². The fraction of sp³-hybridized carbons (Fsp3) is 0.208. The van der Waals surface area contributed by atoms with E-state index in [0.29, 0.717) is 35.2 Å². The van der Waals surface area contributed by atoms with Crippen LogP contribution >= 0.6 is 0 Å². The molecule has 0 bridgehead atoms. The molecule has 0 spiro atoms. The Morgan fingerprint density at radius 2 is 1.73 bits per heavy atom. The van der Waals surface area contributed by atoms with E-state index < -0.39 is 5.91 Å². The summed E-state index contributed by atoms with van der Waals surface area (Å²) >= 11 is 0. The second kappa shape index (κ2) is 9.47. The van der Waals surface area contributed by atoms with Crippen molar-refractivity contribution < 1.29 is 28.6 Å². The van der Waals surface area contributed by atoms with Crippen molar-refractivity contribution in [3.63, 3.8) is 0 Å². The summed E-state index contributed by atoms with van der Waals surface area (Å²) in [6.07, 6.45) is 3.14. The number of ether oxygens (including phenoxy) is 4. The molecule has 0 saturated heterocycles. The van der Waals surface area contributed by atoms with E-state index in [9.17, 15) is 4.79 Å². The minimum absolute atomic E-state index is 0.0795. The van der Waals surface area contributed by atoms with Gasteiger partial charge in [-0.1, -0.05) is 18.2 Å². The number of allylic oxidation sites excluding steroid dienone is 1. The Labute approximate surface area is 191 Å². The number of aliphatic imine (C=N–C) groups is 1. The molecular formula is C24H23N3O6. The number of methoxy groups -OCH3 is 2. The Bertz CT molecular complexity index is 1140. The summed E-state index contributed by atoms with van der Waals surface area (Å²) in [6, 6.07) is 12.8. The molecule has 1 N–H and O–H groups in total. The van der Waals surface area contributed by atoms with Gasteiger partial charge in [0.05, 0.1) is 19.8 Å². The van der Waals surface area contributed by atoms with Gasteiger partial charge in [0.15, 0.2) is 23.2 Å². The third kappa shape index (κ3) is 4.67. The van der Waals surface area contributed by atoms with Crippen molar-refractivity contribution >= 4 is 23.7 Å². The summed E-state index contributed by atoms with van der Waals surface area (Å²) in [7, 11) is 3.02. The number of nitrogens with zero attached hydrogens (tertiary/aromatic N) is 2. The molecule has 0 saturated carbocycles. The molecule has 2 heterocycles. The summed E-state index contributed by atoms with van der Waals surface area (Å²) in [6.45, 7) is 2.32. The molecule has 2 aromatic carbocycles. The molecule has 9 heteroatoms. The van der Waals surface area contributed by atoms with Crippen LogP contribution in [0.3, 0.4) is 0 Å². The predicted octanol–water partition coefficient (Wildman–Crippen LogP) is 3.61. The van der Waals surface area contributed by atoms with Crippen molar-refractivity contribution in [3.8, 4) is 23.0 Å². The first-order valence-corrected chi connectivity index (χ1v) is 10.2. The van der Waals surface area contributed by atoms with Crippen LogP contribution in [0.15, 0.2) is 64.9 Å². The topological polar surface area (TPSA) is 103 Å². The number of hydroxylamine groups is 2. The molecule has 0 fully saturated rings. The van der Waals surface area contributed by atoms with Crippen LogP contribution in [0, 0.1) is 5.41 Å². The highest BCUT2D eigenvalue weighted by Gasteiger charge is 2.34. The van der Waals surface area contributed by atoms with Gasteiger partial charge in [0.25, 0.3) is 5.91 Å². The van der Waals surface area contributed by atoms with Crippen molar-refractivity contribution in [2.24, 2.45) is 4.99 Å². The number of amidine groups is 2. The van der Waals surface area contributed by atoms with Crippen molar-refractivity contribution in [2.45, 2.75) is 6.92 Å². The highest BCUT2D eigenvalue weighted by Crippen LogP contribution is 2.39. The summed E-state index contributed by atoms with van der Waals surface area (Å²) in [5.74, 6) is 2.19. The average Bonchev–Trinajstić information content (AvgIpc) is 3.20. The lowest BCUT2D eigenvalue weighted by Gasteiger charge is -2.23. The van der Waals surface area contributed by atoms with Crippen LogP contribution in [-0.2, 0) is 9.63 Å². The van der Waals surface area contributed by atoms with Crippen molar-refractivity contribution in [1.29, 1.82) is 5.41 Å². The van der Waals surface area contributed by atoms with Gasteiger partial charge >= 0.3 is 0 Å². The van der Waals surface area contributed by atoms with Gasteiger partial charge in [-0.25, -0.2) is 0 Å². The van der Waals surface area contributed by atoms with Crippen LogP contribution in [-0.4, -0.2) is 50.1 Å². The average molecular weight is 449 g/mol. The number of para-hydroxylation sites is 1. The van der Waals surface area contributed by atoms with Gasteiger partial charge in [0.1, 0.15) is 24.7 Å². The first-order chi connectivity index (χ1) is 16.0. The normalized spacial score (nSPS) is 16.1. The van der Waals surface area contributed by atoms with Crippen molar-refractivity contribution in [1.82, 2.24) is 5.06 Å². The van der Waals surface area contributed by atoms with E-state index >= 15 is 0 Å². The number of fused-ring (bicyclic) bond motifs is 1. The second-order valence-electron chi connectivity index (χ2n) is 7.09. The Morgan fingerprint density at radius 1 is 1.06 bits per heavy atom. The first kappa shape index (κ1) is 21.9. The summed E-state index contributed by atoms with van der Waals surface area (Å²) < 4.78 is 22.5. The second-order valence-corrected chi connectivity index (χ2v) is 7.09. The number of nitrogens with one attached hydrogen (secondary N) is 1. The molecule has 1 amide bonds. The fourth-order valence-electron chi connectivity index (χ4n) is 3.31. The van der Waals surface area contributed by atoms with Gasteiger partial charge in [-0.15, -0.1) is 5.06 Å². The highest BCUT2D eigenvalue weighted by molar-refractivity contribution is 6.32. The third-order valence-corrected chi connectivity index (χ3v) is 4.82. The van der Waals surface area contributed by atoms with E-state index in [1.54, 1.807) is 25.1 Å². The van der Waals surface area contributed by atoms with Gasteiger partial charge in [0.2, 0.25) is 5.75 Å². The number of carbonyl (C=O) groups excluding carboxylic acids is 1. The molecule has 0 aromatic heterocycles. The fourth-order valence-corrected chi connectivity index (χ4v) is 3.31. The molecule has 0 radical (unpaired) electrons. The summed E-state index contributed by atoms with van der Waals surface area (Å²) in [4.78, 5) is 22.0. The van der Waals surface area contributed by atoms with Gasteiger partial charge in [-0.3, -0.25) is 10.2 Å². The molecule has 33 heavy (non-hydrogen) atoms.